The summed E-state index contributed by atoms with van der Waals surface area (Å²) >= 11 is 0. The SMILES string of the molecule is [Au].[C-]#N.[C-]#N.[C-]#N.[C-]#N.[C-]#N. The third-order valence-corrected chi connectivity index (χ3v) is 0. The molecule has 0 atom stereocenters. The minimum atomic E-state index is 0. The smallest absolute Gasteiger partial charge is 0 e. The van der Waals surface area contributed by atoms with Crippen LogP contribution < -0.4 is 0 Å². The van der Waals surface area contributed by atoms with Crippen LogP contribution in [0.25, 0.3) is 0 Å². The zero-order chi connectivity index (χ0) is 10.0. The van der Waals surface area contributed by atoms with Crippen molar-refractivity contribution in [2.24, 2.45) is 0 Å². The van der Waals surface area contributed by atoms with E-state index in [4.69, 9.17) is 59.2 Å². The summed E-state index contributed by atoms with van der Waals surface area (Å²) in [5, 5.41) is 31.2. The largest absolute Gasteiger partial charge is 0.512 e. The molecule has 0 saturated carbocycles. The van der Waals surface area contributed by atoms with Gasteiger partial charge in [0.2, 0.25) is 0 Å². The predicted molar refractivity (Wildman–Crippen MR) is 24.8 cm³/mol. The summed E-state index contributed by atoms with van der Waals surface area (Å²) in [6.45, 7) is 23.8. The summed E-state index contributed by atoms with van der Waals surface area (Å²) in [5.74, 6) is 0. The number of hydrogen-bond donors (Lipinski definition) is 0. The molecule has 0 heterocycles. The van der Waals surface area contributed by atoms with Gasteiger partial charge < -0.3 is 59.2 Å². The Labute approximate surface area is 81.8 Å². The fourth-order valence-corrected chi connectivity index (χ4v) is 0. The van der Waals surface area contributed by atoms with Crippen LogP contribution in [0.2, 0.25) is 0 Å². The molecule has 0 unspecified atom stereocenters. The van der Waals surface area contributed by atoms with Crippen LogP contribution in [0.5, 0.6) is 0 Å². The van der Waals surface area contributed by atoms with Crippen LogP contribution in [-0.2, 0) is 22.4 Å². The molecule has 0 aliphatic heterocycles. The molecule has 0 aliphatic rings. The first-order chi connectivity index (χ1) is 5.00. The Bertz CT molecular complexity index is 73.4. The number of nitrogens with zero attached hydrogens (tertiary/aromatic N) is 5. The van der Waals surface area contributed by atoms with E-state index in [0.29, 0.717) is 0 Å². The summed E-state index contributed by atoms with van der Waals surface area (Å²) < 4.78 is 0. The van der Waals surface area contributed by atoms with Gasteiger partial charge in [-0.05, 0) is 0 Å². The Balaban J connectivity index is -0.00000000694. The Morgan fingerprint density at radius 3 is 0.364 bits per heavy atom. The van der Waals surface area contributed by atoms with Crippen molar-refractivity contribution < 1.29 is 22.4 Å². The van der Waals surface area contributed by atoms with Crippen molar-refractivity contribution in [1.29, 1.82) is 26.3 Å². The summed E-state index contributed by atoms with van der Waals surface area (Å²) in [6, 6.07) is 0. The summed E-state index contributed by atoms with van der Waals surface area (Å²) in [4.78, 5) is 0. The van der Waals surface area contributed by atoms with Crippen LogP contribution in [0, 0.1) is 59.2 Å². The molecular formula is C5AuN5-5. The van der Waals surface area contributed by atoms with Gasteiger partial charge in [-0.15, -0.1) is 0 Å². The first-order valence-electron chi connectivity index (χ1n) is 1.12. The van der Waals surface area contributed by atoms with Crippen LogP contribution in [0.15, 0.2) is 0 Å². The predicted octanol–water partition coefficient (Wildman–Crippen LogP) is 0.479. The van der Waals surface area contributed by atoms with Crippen LogP contribution in [0.1, 0.15) is 0 Å². The van der Waals surface area contributed by atoms with Gasteiger partial charge in [-0.3, -0.25) is 0 Å². The van der Waals surface area contributed by atoms with E-state index in [9.17, 15) is 0 Å². The van der Waals surface area contributed by atoms with Crippen molar-refractivity contribution in [2.75, 3.05) is 0 Å². The molecule has 0 spiro atoms. The second kappa shape index (κ2) is 129. The van der Waals surface area contributed by atoms with E-state index in [1.165, 1.54) is 0 Å². The molecule has 0 bridgehead atoms. The quantitative estimate of drug-likeness (QED) is 0.473. The Kier molecular flexibility index (Phi) is 712. The van der Waals surface area contributed by atoms with Gasteiger partial charge in [0.1, 0.15) is 0 Å². The standard InChI is InChI=1S/5CN.Au/c5*1-2;/q5*-1;. The molecule has 0 saturated heterocycles. The molecule has 5 nitrogen and oxygen atoms in total. The normalized spacial score (nSPS) is 0.909. The average molecular weight is 327 g/mol. The van der Waals surface area contributed by atoms with Gasteiger partial charge in [0.05, 0.1) is 0 Å². The monoisotopic (exact) mass is 327 g/mol. The maximum atomic E-state index is 6.25. The zero-order valence-electron chi connectivity index (χ0n) is 5.04. The van der Waals surface area contributed by atoms with Gasteiger partial charge in [0, 0.05) is 22.4 Å². The summed E-state index contributed by atoms with van der Waals surface area (Å²) in [6.07, 6.45) is 0. The summed E-state index contributed by atoms with van der Waals surface area (Å²) in [5.41, 5.74) is 0. The molecule has 0 N–H and O–H groups in total. The van der Waals surface area contributed by atoms with Gasteiger partial charge >= 0.3 is 0 Å². The molecule has 61 valence electrons. The molecule has 0 rings (SSSR count). The topological polar surface area (TPSA) is 119 Å². The second-order valence-electron chi connectivity index (χ2n) is 0. The molecule has 0 amide bonds. The van der Waals surface area contributed by atoms with E-state index in [1.807, 2.05) is 0 Å². The minimum Gasteiger partial charge on any atom is -0.512 e. The molecule has 6 heteroatoms. The van der Waals surface area contributed by atoms with Crippen LogP contribution in [0.3, 0.4) is 0 Å². The van der Waals surface area contributed by atoms with Crippen molar-refractivity contribution >= 4 is 0 Å². The first-order valence-corrected chi connectivity index (χ1v) is 1.12. The van der Waals surface area contributed by atoms with Gasteiger partial charge in [0.25, 0.3) is 0 Å². The van der Waals surface area contributed by atoms with Crippen LogP contribution >= 0.6 is 0 Å². The van der Waals surface area contributed by atoms with Gasteiger partial charge in [-0.2, -0.15) is 0 Å². The molecule has 0 aliphatic carbocycles. The van der Waals surface area contributed by atoms with E-state index in [2.05, 4.69) is 0 Å². The van der Waals surface area contributed by atoms with E-state index in [-0.39, 0.29) is 22.4 Å². The molecule has 0 aromatic heterocycles. The fourth-order valence-electron chi connectivity index (χ4n) is 0. The van der Waals surface area contributed by atoms with Crippen molar-refractivity contribution in [2.45, 2.75) is 0 Å². The molecule has 11 heavy (non-hydrogen) atoms. The van der Waals surface area contributed by atoms with Crippen molar-refractivity contribution in [3.05, 3.63) is 32.9 Å². The van der Waals surface area contributed by atoms with Gasteiger partial charge in [-0.25, -0.2) is 0 Å². The maximum absolute atomic E-state index is 6.25. The van der Waals surface area contributed by atoms with E-state index in [0.717, 1.165) is 0 Å². The fraction of sp³-hybridized carbons (Fsp3) is 0. The molecular weight excluding hydrogens is 327 g/mol. The van der Waals surface area contributed by atoms with Crippen molar-refractivity contribution in [3.63, 3.8) is 0 Å². The van der Waals surface area contributed by atoms with Gasteiger partial charge in [-0.1, -0.05) is 0 Å². The third-order valence-electron chi connectivity index (χ3n) is 0. The molecule has 0 fully saturated rings. The number of rotatable bonds is 0. The Hall–Kier alpha value is -1.81. The van der Waals surface area contributed by atoms with Gasteiger partial charge in [0.15, 0.2) is 0 Å². The second-order valence-corrected chi connectivity index (χ2v) is 0. The molecule has 1 radical (unpaired) electrons. The first kappa shape index (κ1) is 60.6. The Morgan fingerprint density at radius 1 is 0.364 bits per heavy atom. The maximum Gasteiger partial charge on any atom is 0 e. The Morgan fingerprint density at radius 2 is 0.364 bits per heavy atom. The minimum absolute atomic E-state index is 0. The van der Waals surface area contributed by atoms with Crippen molar-refractivity contribution in [3.8, 4) is 0 Å². The van der Waals surface area contributed by atoms with Crippen LogP contribution in [-0.4, -0.2) is 0 Å². The van der Waals surface area contributed by atoms with E-state index in [1.54, 1.807) is 0 Å². The summed E-state index contributed by atoms with van der Waals surface area (Å²) in [7, 11) is 0. The van der Waals surface area contributed by atoms with Crippen molar-refractivity contribution in [1.82, 2.24) is 0 Å². The molecule has 0 aromatic carbocycles. The third kappa shape index (κ3) is 95.8. The van der Waals surface area contributed by atoms with Crippen LogP contribution in [0.4, 0.5) is 0 Å². The average Bonchev–Trinajstić information content (AvgIpc) is 2.20. The molecule has 0 aromatic rings. The van der Waals surface area contributed by atoms with E-state index < -0.39 is 0 Å². The number of hydrogen-bond acceptors (Lipinski definition) is 5. The zero-order valence-corrected chi connectivity index (χ0v) is 7.20. The van der Waals surface area contributed by atoms with E-state index >= 15 is 0 Å².